The van der Waals surface area contributed by atoms with Gasteiger partial charge in [-0.3, -0.25) is 0 Å². The molecule has 184 valence electrons. The average molecular weight is 484 g/mol. The third-order valence-corrected chi connectivity index (χ3v) is 7.72. The molecule has 3 aliphatic heterocycles. The van der Waals surface area contributed by atoms with Crippen LogP contribution in [0.3, 0.4) is 0 Å². The molecule has 1 aromatic heterocycles. The van der Waals surface area contributed by atoms with Crippen molar-refractivity contribution in [2.24, 2.45) is 5.92 Å². The van der Waals surface area contributed by atoms with Gasteiger partial charge < -0.3 is 24.0 Å². The number of hydrogen-bond donors (Lipinski definition) is 0. The summed E-state index contributed by atoms with van der Waals surface area (Å²) in [5.41, 5.74) is 0. The maximum atomic E-state index is 12.4. The SMILES string of the molecule is CS(=O)(=O)N1CCN(c2cnc(OCC3CCN(C(=O)OC4CCOCC4)CC3)cn2)CC1. The van der Waals surface area contributed by atoms with E-state index in [4.69, 9.17) is 14.2 Å². The van der Waals surface area contributed by atoms with Crippen LogP contribution in [-0.4, -0.2) is 105 Å². The van der Waals surface area contributed by atoms with Crippen LogP contribution in [0, 0.1) is 5.92 Å². The molecule has 0 N–H and O–H groups in total. The highest BCUT2D eigenvalue weighted by molar-refractivity contribution is 7.88. The summed E-state index contributed by atoms with van der Waals surface area (Å²) in [6, 6.07) is 0. The van der Waals surface area contributed by atoms with Gasteiger partial charge in [-0.25, -0.2) is 23.2 Å². The Kier molecular flexibility index (Phi) is 7.86. The number of likely N-dealkylation sites (tertiary alicyclic amines) is 1. The predicted molar refractivity (Wildman–Crippen MR) is 121 cm³/mol. The molecule has 33 heavy (non-hydrogen) atoms. The fourth-order valence-corrected chi connectivity index (χ4v) is 5.12. The highest BCUT2D eigenvalue weighted by atomic mass is 32.2. The van der Waals surface area contributed by atoms with Gasteiger partial charge in [-0.05, 0) is 18.8 Å². The van der Waals surface area contributed by atoms with Gasteiger partial charge in [0.2, 0.25) is 15.9 Å². The number of sulfonamides is 1. The van der Waals surface area contributed by atoms with Gasteiger partial charge in [-0.2, -0.15) is 4.31 Å². The minimum absolute atomic E-state index is 0.0302. The minimum Gasteiger partial charge on any atom is -0.476 e. The molecule has 0 bridgehead atoms. The van der Waals surface area contributed by atoms with E-state index < -0.39 is 10.0 Å². The van der Waals surface area contributed by atoms with Gasteiger partial charge in [0.25, 0.3) is 0 Å². The van der Waals surface area contributed by atoms with Crippen molar-refractivity contribution in [2.45, 2.75) is 31.8 Å². The first-order valence-electron chi connectivity index (χ1n) is 11.6. The summed E-state index contributed by atoms with van der Waals surface area (Å²) in [5.74, 6) is 1.53. The Hall–Kier alpha value is -2.18. The third kappa shape index (κ3) is 6.67. The van der Waals surface area contributed by atoms with Gasteiger partial charge in [0.1, 0.15) is 11.9 Å². The van der Waals surface area contributed by atoms with Crippen molar-refractivity contribution in [2.75, 3.05) is 70.2 Å². The molecule has 0 saturated carbocycles. The number of rotatable bonds is 6. The summed E-state index contributed by atoms with van der Waals surface area (Å²) in [7, 11) is -3.15. The maximum Gasteiger partial charge on any atom is 0.410 e. The van der Waals surface area contributed by atoms with Crippen LogP contribution in [-0.2, 0) is 19.5 Å². The Morgan fingerprint density at radius 3 is 2.33 bits per heavy atom. The lowest BCUT2D eigenvalue weighted by molar-refractivity contribution is -0.0137. The van der Waals surface area contributed by atoms with Gasteiger partial charge >= 0.3 is 6.09 Å². The molecule has 0 atom stereocenters. The first-order chi connectivity index (χ1) is 15.9. The number of carbonyl (C=O) groups excluding carboxylic acids is 1. The summed E-state index contributed by atoms with van der Waals surface area (Å²) in [4.78, 5) is 25.0. The van der Waals surface area contributed by atoms with Gasteiger partial charge in [0, 0.05) is 52.1 Å². The van der Waals surface area contributed by atoms with Crippen LogP contribution in [0.5, 0.6) is 5.88 Å². The minimum atomic E-state index is -3.15. The first kappa shape index (κ1) is 24.0. The number of piperidine rings is 1. The summed E-state index contributed by atoms with van der Waals surface area (Å²) in [5, 5.41) is 0. The topological polar surface area (TPSA) is 114 Å². The van der Waals surface area contributed by atoms with E-state index in [1.165, 1.54) is 10.6 Å². The van der Waals surface area contributed by atoms with Crippen LogP contribution < -0.4 is 9.64 Å². The van der Waals surface area contributed by atoms with E-state index in [9.17, 15) is 13.2 Å². The Morgan fingerprint density at radius 2 is 1.73 bits per heavy atom. The van der Waals surface area contributed by atoms with Crippen LogP contribution in [0.1, 0.15) is 25.7 Å². The smallest absolute Gasteiger partial charge is 0.410 e. The molecule has 3 fully saturated rings. The molecule has 0 aromatic carbocycles. The van der Waals surface area contributed by atoms with Gasteiger partial charge in [0.15, 0.2) is 0 Å². The van der Waals surface area contributed by atoms with E-state index >= 15 is 0 Å². The molecule has 12 heteroatoms. The van der Waals surface area contributed by atoms with E-state index in [1.54, 1.807) is 17.3 Å². The predicted octanol–water partition coefficient (Wildman–Crippen LogP) is 0.965. The molecule has 11 nitrogen and oxygen atoms in total. The van der Waals surface area contributed by atoms with Crippen LogP contribution in [0.15, 0.2) is 12.4 Å². The number of hydrogen-bond acceptors (Lipinski definition) is 9. The van der Waals surface area contributed by atoms with Crippen molar-refractivity contribution in [1.82, 2.24) is 19.2 Å². The maximum absolute atomic E-state index is 12.4. The van der Waals surface area contributed by atoms with Crippen LogP contribution in [0.2, 0.25) is 0 Å². The van der Waals surface area contributed by atoms with Crippen molar-refractivity contribution >= 4 is 21.9 Å². The largest absolute Gasteiger partial charge is 0.476 e. The fraction of sp³-hybridized carbons (Fsp3) is 0.762. The molecule has 1 amide bonds. The number of ether oxygens (including phenoxy) is 3. The molecule has 0 aliphatic carbocycles. The lowest BCUT2D eigenvalue weighted by atomic mass is 9.98. The zero-order valence-electron chi connectivity index (χ0n) is 19.1. The van der Waals surface area contributed by atoms with Crippen molar-refractivity contribution in [1.29, 1.82) is 0 Å². The van der Waals surface area contributed by atoms with E-state index in [0.29, 0.717) is 76.7 Å². The molecule has 4 heterocycles. The zero-order chi connectivity index (χ0) is 23.3. The number of nitrogens with zero attached hydrogens (tertiary/aromatic N) is 5. The monoisotopic (exact) mass is 483 g/mol. The number of carbonyl (C=O) groups is 1. The molecule has 3 saturated heterocycles. The molecular weight excluding hydrogens is 450 g/mol. The van der Waals surface area contributed by atoms with Crippen LogP contribution in [0.25, 0.3) is 0 Å². The second-order valence-corrected chi connectivity index (χ2v) is 10.8. The molecule has 3 aliphatic rings. The van der Waals surface area contributed by atoms with E-state index in [2.05, 4.69) is 9.97 Å². The van der Waals surface area contributed by atoms with Crippen molar-refractivity contribution in [3.63, 3.8) is 0 Å². The van der Waals surface area contributed by atoms with E-state index in [-0.39, 0.29) is 12.2 Å². The number of piperazine rings is 1. The lowest BCUT2D eigenvalue weighted by Crippen LogP contribution is -2.48. The number of amides is 1. The summed E-state index contributed by atoms with van der Waals surface area (Å²) < 4.78 is 41.5. The average Bonchev–Trinajstić information content (AvgIpc) is 2.83. The first-order valence-corrected chi connectivity index (χ1v) is 13.4. The molecule has 0 unspecified atom stereocenters. The van der Waals surface area contributed by atoms with Crippen LogP contribution in [0.4, 0.5) is 10.6 Å². The lowest BCUT2D eigenvalue weighted by Gasteiger charge is -2.33. The Bertz CT molecular complexity index is 877. The van der Waals surface area contributed by atoms with Gasteiger partial charge in [-0.1, -0.05) is 0 Å². The normalized spacial score (nSPS) is 21.7. The molecule has 0 spiro atoms. The number of aromatic nitrogens is 2. The van der Waals surface area contributed by atoms with Gasteiger partial charge in [-0.15, -0.1) is 0 Å². The Morgan fingerprint density at radius 1 is 1.03 bits per heavy atom. The highest BCUT2D eigenvalue weighted by Crippen LogP contribution is 2.21. The standard InChI is InChI=1S/C21H33N5O6S/c1-33(28,29)26-10-8-24(9-11-26)19-14-23-20(15-22-19)31-16-17-2-6-25(7-3-17)21(27)32-18-4-12-30-13-5-18/h14-15,17-18H,2-13,16H2,1H3. The van der Waals surface area contributed by atoms with E-state index in [1.807, 2.05) is 4.90 Å². The fourth-order valence-electron chi connectivity index (χ4n) is 4.29. The Labute approximate surface area is 195 Å². The molecule has 1 aromatic rings. The summed E-state index contributed by atoms with van der Waals surface area (Å²) in [6.45, 7) is 5.22. The molecule has 0 radical (unpaired) electrons. The molecule has 4 rings (SSSR count). The van der Waals surface area contributed by atoms with Gasteiger partial charge in [0.05, 0.1) is 38.5 Å². The van der Waals surface area contributed by atoms with E-state index in [0.717, 1.165) is 25.7 Å². The van der Waals surface area contributed by atoms with Crippen molar-refractivity contribution < 1.29 is 27.4 Å². The Balaban J connectivity index is 1.16. The second-order valence-electron chi connectivity index (χ2n) is 8.80. The van der Waals surface area contributed by atoms with Crippen molar-refractivity contribution in [3.05, 3.63) is 12.4 Å². The molecular formula is C21H33N5O6S. The summed E-state index contributed by atoms with van der Waals surface area (Å²) >= 11 is 0. The second kappa shape index (κ2) is 10.8. The van der Waals surface area contributed by atoms with Crippen molar-refractivity contribution in [3.8, 4) is 5.88 Å². The zero-order valence-corrected chi connectivity index (χ0v) is 19.9. The van der Waals surface area contributed by atoms with Crippen LogP contribution >= 0.6 is 0 Å². The highest BCUT2D eigenvalue weighted by Gasteiger charge is 2.27. The number of anilines is 1. The third-order valence-electron chi connectivity index (χ3n) is 6.42. The quantitative estimate of drug-likeness (QED) is 0.584. The summed E-state index contributed by atoms with van der Waals surface area (Å²) in [6.07, 6.45) is 7.52.